The molecule has 0 radical (unpaired) electrons. The number of benzene rings is 1. The first-order valence-electron chi connectivity index (χ1n) is 7.54. The van der Waals surface area contributed by atoms with Gasteiger partial charge in [0.2, 0.25) is 0 Å². The number of H-pyrrole nitrogens is 1. The molecule has 1 fully saturated rings. The largest absolute Gasteiger partial charge is 0.383 e. The van der Waals surface area contributed by atoms with Gasteiger partial charge in [-0.05, 0) is 36.6 Å². The molecule has 2 heterocycles. The van der Waals surface area contributed by atoms with Crippen molar-refractivity contribution in [3.05, 3.63) is 53.3 Å². The van der Waals surface area contributed by atoms with E-state index in [1.807, 2.05) is 18.3 Å². The first-order valence-corrected chi connectivity index (χ1v) is 7.92. The van der Waals surface area contributed by atoms with Crippen LogP contribution in [0.3, 0.4) is 0 Å². The van der Waals surface area contributed by atoms with Gasteiger partial charge in [-0.3, -0.25) is 5.10 Å². The van der Waals surface area contributed by atoms with Crippen molar-refractivity contribution in [2.45, 2.75) is 24.7 Å². The van der Waals surface area contributed by atoms with Crippen molar-refractivity contribution in [3.63, 3.8) is 0 Å². The summed E-state index contributed by atoms with van der Waals surface area (Å²) in [5.74, 6) is 0. The minimum absolute atomic E-state index is 0.191. The Balaban J connectivity index is 1.55. The van der Waals surface area contributed by atoms with E-state index in [9.17, 15) is 0 Å². The van der Waals surface area contributed by atoms with E-state index in [4.69, 9.17) is 11.6 Å². The summed E-state index contributed by atoms with van der Waals surface area (Å²) >= 11 is 6.16. The summed E-state index contributed by atoms with van der Waals surface area (Å²) in [4.78, 5) is 4.37. The van der Waals surface area contributed by atoms with Crippen LogP contribution in [0.5, 0.6) is 0 Å². The number of anilines is 1. The van der Waals surface area contributed by atoms with E-state index in [1.165, 1.54) is 24.8 Å². The van der Waals surface area contributed by atoms with Gasteiger partial charge in [0.25, 0.3) is 0 Å². The molecule has 1 saturated carbocycles. The Morgan fingerprint density at radius 2 is 2.14 bits per heavy atom. The Kier molecular flexibility index (Phi) is 3.26. The van der Waals surface area contributed by atoms with Crippen molar-refractivity contribution in [2.75, 3.05) is 11.9 Å². The molecule has 0 atom stereocenters. The van der Waals surface area contributed by atoms with Crippen molar-refractivity contribution in [1.29, 1.82) is 0 Å². The molecule has 4 rings (SSSR count). The van der Waals surface area contributed by atoms with Crippen LogP contribution in [0.4, 0.5) is 5.69 Å². The zero-order valence-electron chi connectivity index (χ0n) is 12.1. The third kappa shape index (κ3) is 2.33. The SMILES string of the molecule is Clc1cccc(C2(CNc3cnc4[nH]ncc4c3)CCC2)c1. The molecule has 1 aliphatic carbocycles. The van der Waals surface area contributed by atoms with E-state index in [-0.39, 0.29) is 5.41 Å². The average Bonchev–Trinajstić information content (AvgIpc) is 2.94. The Labute approximate surface area is 133 Å². The first-order chi connectivity index (χ1) is 10.8. The smallest absolute Gasteiger partial charge is 0.155 e. The standard InChI is InChI=1S/C17H17ClN4/c18-14-4-1-3-13(8-14)17(5-2-6-17)11-20-15-7-12-9-21-22-16(12)19-10-15/h1,3-4,7-10,20H,2,5-6,11H2,(H,19,21,22). The number of fused-ring (bicyclic) bond motifs is 1. The van der Waals surface area contributed by atoms with Gasteiger partial charge >= 0.3 is 0 Å². The fourth-order valence-electron chi connectivity index (χ4n) is 3.19. The lowest BCUT2D eigenvalue weighted by molar-refractivity contribution is 0.260. The van der Waals surface area contributed by atoms with E-state index in [0.717, 1.165) is 28.3 Å². The second-order valence-corrected chi connectivity index (χ2v) is 6.47. The molecule has 0 spiro atoms. The minimum atomic E-state index is 0.191. The molecule has 0 amide bonds. The lowest BCUT2D eigenvalue weighted by atomic mass is 9.64. The van der Waals surface area contributed by atoms with Gasteiger partial charge in [-0.1, -0.05) is 30.2 Å². The highest BCUT2D eigenvalue weighted by Gasteiger charge is 2.38. The summed E-state index contributed by atoms with van der Waals surface area (Å²) in [6, 6.07) is 10.3. The van der Waals surface area contributed by atoms with Crippen LogP contribution in [0.15, 0.2) is 42.7 Å². The molecule has 0 saturated heterocycles. The highest BCUT2D eigenvalue weighted by molar-refractivity contribution is 6.30. The molecule has 0 unspecified atom stereocenters. The van der Waals surface area contributed by atoms with E-state index in [0.29, 0.717) is 0 Å². The zero-order chi connectivity index (χ0) is 15.0. The molecule has 22 heavy (non-hydrogen) atoms. The second-order valence-electron chi connectivity index (χ2n) is 6.03. The van der Waals surface area contributed by atoms with Crippen molar-refractivity contribution in [3.8, 4) is 0 Å². The quantitative estimate of drug-likeness (QED) is 0.761. The number of hydrogen-bond acceptors (Lipinski definition) is 3. The topological polar surface area (TPSA) is 53.6 Å². The summed E-state index contributed by atoms with van der Waals surface area (Å²) in [5, 5.41) is 12.2. The van der Waals surface area contributed by atoms with Gasteiger partial charge in [0, 0.05) is 22.4 Å². The Bertz CT molecular complexity index is 807. The lowest BCUT2D eigenvalue weighted by Crippen LogP contribution is -2.40. The third-order valence-electron chi connectivity index (χ3n) is 4.67. The normalized spacial score (nSPS) is 16.4. The van der Waals surface area contributed by atoms with Crippen LogP contribution in [0.1, 0.15) is 24.8 Å². The summed E-state index contributed by atoms with van der Waals surface area (Å²) in [7, 11) is 0. The number of rotatable bonds is 4. The van der Waals surface area contributed by atoms with E-state index < -0.39 is 0 Å². The van der Waals surface area contributed by atoms with Crippen molar-refractivity contribution >= 4 is 28.3 Å². The summed E-state index contributed by atoms with van der Waals surface area (Å²) in [6.07, 6.45) is 7.31. The van der Waals surface area contributed by atoms with Gasteiger partial charge in [-0.25, -0.2) is 4.98 Å². The van der Waals surface area contributed by atoms with Crippen molar-refractivity contribution < 1.29 is 0 Å². The van der Waals surface area contributed by atoms with Crippen LogP contribution in [-0.2, 0) is 5.41 Å². The number of nitrogens with one attached hydrogen (secondary N) is 2. The van der Waals surface area contributed by atoms with Crippen LogP contribution >= 0.6 is 11.6 Å². The van der Waals surface area contributed by atoms with Gasteiger partial charge in [0.15, 0.2) is 5.65 Å². The summed E-state index contributed by atoms with van der Waals surface area (Å²) < 4.78 is 0. The van der Waals surface area contributed by atoms with Gasteiger partial charge in [-0.2, -0.15) is 5.10 Å². The van der Waals surface area contributed by atoms with Crippen LogP contribution in [0.2, 0.25) is 5.02 Å². The third-order valence-corrected chi connectivity index (χ3v) is 4.90. The van der Waals surface area contributed by atoms with Crippen LogP contribution in [-0.4, -0.2) is 21.7 Å². The summed E-state index contributed by atoms with van der Waals surface area (Å²) in [6.45, 7) is 0.901. The summed E-state index contributed by atoms with van der Waals surface area (Å²) in [5.41, 5.74) is 3.37. The molecule has 1 aliphatic rings. The molecular weight excluding hydrogens is 296 g/mol. The predicted molar refractivity (Wildman–Crippen MR) is 89.4 cm³/mol. The molecular formula is C17H17ClN4. The van der Waals surface area contributed by atoms with Gasteiger partial charge in [-0.15, -0.1) is 0 Å². The number of nitrogens with zero attached hydrogens (tertiary/aromatic N) is 2. The van der Waals surface area contributed by atoms with Crippen molar-refractivity contribution in [1.82, 2.24) is 15.2 Å². The Morgan fingerprint density at radius 3 is 2.91 bits per heavy atom. The van der Waals surface area contributed by atoms with Crippen LogP contribution in [0.25, 0.3) is 11.0 Å². The average molecular weight is 313 g/mol. The first kappa shape index (κ1) is 13.6. The molecule has 2 N–H and O–H groups in total. The maximum Gasteiger partial charge on any atom is 0.155 e. The van der Waals surface area contributed by atoms with Gasteiger partial charge < -0.3 is 5.32 Å². The van der Waals surface area contributed by atoms with Crippen LogP contribution < -0.4 is 5.32 Å². The van der Waals surface area contributed by atoms with Crippen molar-refractivity contribution in [2.24, 2.45) is 0 Å². The number of hydrogen-bond donors (Lipinski definition) is 2. The number of aromatic amines is 1. The maximum atomic E-state index is 6.16. The molecule has 5 heteroatoms. The second kappa shape index (κ2) is 5.29. The number of aromatic nitrogens is 3. The molecule has 3 aromatic rings. The van der Waals surface area contributed by atoms with Gasteiger partial charge in [0.1, 0.15) is 0 Å². The zero-order valence-corrected chi connectivity index (χ0v) is 12.9. The fraction of sp³-hybridized carbons (Fsp3) is 0.294. The van der Waals surface area contributed by atoms with E-state index in [1.54, 1.807) is 6.20 Å². The minimum Gasteiger partial charge on any atom is -0.383 e. The number of pyridine rings is 1. The Morgan fingerprint density at radius 1 is 1.23 bits per heavy atom. The predicted octanol–water partition coefficient (Wildman–Crippen LogP) is 4.15. The van der Waals surface area contributed by atoms with E-state index >= 15 is 0 Å². The maximum absolute atomic E-state index is 6.16. The highest BCUT2D eigenvalue weighted by Crippen LogP contribution is 2.44. The van der Waals surface area contributed by atoms with Gasteiger partial charge in [0.05, 0.1) is 18.1 Å². The molecule has 0 bridgehead atoms. The molecule has 1 aromatic carbocycles. The fourth-order valence-corrected chi connectivity index (χ4v) is 3.38. The van der Waals surface area contributed by atoms with E-state index in [2.05, 4.69) is 38.7 Å². The number of halogens is 1. The van der Waals surface area contributed by atoms with Crippen LogP contribution in [0, 0.1) is 0 Å². The lowest BCUT2D eigenvalue weighted by Gasteiger charge is -2.43. The molecule has 4 nitrogen and oxygen atoms in total. The molecule has 2 aromatic heterocycles. The molecule has 112 valence electrons. The monoisotopic (exact) mass is 312 g/mol. The molecule has 0 aliphatic heterocycles. The Hall–Kier alpha value is -2.07. The highest BCUT2D eigenvalue weighted by atomic mass is 35.5.